The molecule has 3 heteroatoms. The van der Waals surface area contributed by atoms with E-state index in [9.17, 15) is 0 Å². The van der Waals surface area contributed by atoms with Crippen LogP contribution in [0.15, 0.2) is 18.2 Å². The van der Waals surface area contributed by atoms with E-state index in [0.29, 0.717) is 12.0 Å². The van der Waals surface area contributed by atoms with Crippen molar-refractivity contribution < 1.29 is 0 Å². The molecule has 1 aliphatic heterocycles. The molecule has 2 atom stereocenters. The molecule has 2 nitrogen and oxygen atoms in total. The second kappa shape index (κ2) is 5.38. The van der Waals surface area contributed by atoms with Crippen LogP contribution in [0.4, 0.5) is 0 Å². The van der Waals surface area contributed by atoms with E-state index in [1.54, 1.807) is 0 Å². The number of rotatable bonds is 3. The predicted molar refractivity (Wildman–Crippen MR) is 73.2 cm³/mol. The summed E-state index contributed by atoms with van der Waals surface area (Å²) in [5.74, 6) is 0.649. The van der Waals surface area contributed by atoms with Crippen molar-refractivity contribution in [3.8, 4) is 0 Å². The van der Waals surface area contributed by atoms with Gasteiger partial charge in [0.05, 0.1) is 0 Å². The summed E-state index contributed by atoms with van der Waals surface area (Å²) in [5, 5.41) is 0.866. The SMILES string of the molecule is Cc1ccc(CN2CCC(C(C)N)C2)cc1Cl. The van der Waals surface area contributed by atoms with Crippen LogP contribution in [0.25, 0.3) is 0 Å². The van der Waals surface area contributed by atoms with Crippen molar-refractivity contribution in [3.05, 3.63) is 34.3 Å². The Kier molecular flexibility index (Phi) is 4.08. The van der Waals surface area contributed by atoms with Crippen molar-refractivity contribution >= 4 is 11.6 Å². The summed E-state index contributed by atoms with van der Waals surface area (Å²) < 4.78 is 0. The van der Waals surface area contributed by atoms with Crippen LogP contribution in [0.2, 0.25) is 5.02 Å². The standard InChI is InChI=1S/C14H21ClN2/c1-10-3-4-12(7-14(10)15)8-17-6-5-13(9-17)11(2)16/h3-4,7,11,13H,5-6,8-9,16H2,1-2H3. The van der Waals surface area contributed by atoms with Gasteiger partial charge in [-0.2, -0.15) is 0 Å². The fourth-order valence-corrected chi connectivity index (χ4v) is 2.63. The molecule has 1 saturated heterocycles. The van der Waals surface area contributed by atoms with E-state index in [1.807, 2.05) is 6.92 Å². The van der Waals surface area contributed by atoms with Gasteiger partial charge in [-0.15, -0.1) is 0 Å². The molecule has 0 aromatic heterocycles. The smallest absolute Gasteiger partial charge is 0.0438 e. The Labute approximate surface area is 109 Å². The van der Waals surface area contributed by atoms with Gasteiger partial charge in [0.25, 0.3) is 0 Å². The maximum Gasteiger partial charge on any atom is 0.0438 e. The number of aryl methyl sites for hydroxylation is 1. The van der Waals surface area contributed by atoms with Gasteiger partial charge in [0.1, 0.15) is 0 Å². The van der Waals surface area contributed by atoms with E-state index in [4.69, 9.17) is 17.3 Å². The average molecular weight is 253 g/mol. The van der Waals surface area contributed by atoms with Crippen LogP contribution in [-0.2, 0) is 6.54 Å². The number of halogens is 1. The first kappa shape index (κ1) is 12.9. The number of nitrogens with two attached hydrogens (primary N) is 1. The molecule has 0 saturated carbocycles. The van der Waals surface area contributed by atoms with Gasteiger partial charge in [0, 0.05) is 24.2 Å². The Morgan fingerprint density at radius 2 is 2.29 bits per heavy atom. The van der Waals surface area contributed by atoms with Gasteiger partial charge in [0.15, 0.2) is 0 Å². The molecule has 0 bridgehead atoms. The highest BCUT2D eigenvalue weighted by atomic mass is 35.5. The molecule has 94 valence electrons. The summed E-state index contributed by atoms with van der Waals surface area (Å²) in [6.45, 7) is 7.40. The largest absolute Gasteiger partial charge is 0.328 e. The third-order valence-electron chi connectivity index (χ3n) is 3.69. The van der Waals surface area contributed by atoms with Gasteiger partial charge in [-0.1, -0.05) is 23.7 Å². The predicted octanol–water partition coefficient (Wildman–Crippen LogP) is 2.82. The van der Waals surface area contributed by atoms with Gasteiger partial charge >= 0.3 is 0 Å². The molecule has 0 amide bonds. The molecule has 2 N–H and O–H groups in total. The second-order valence-electron chi connectivity index (χ2n) is 5.23. The molecule has 0 aliphatic carbocycles. The minimum Gasteiger partial charge on any atom is -0.328 e. The maximum absolute atomic E-state index is 6.14. The van der Waals surface area contributed by atoms with E-state index in [-0.39, 0.29) is 0 Å². The third-order valence-corrected chi connectivity index (χ3v) is 4.10. The molecular weight excluding hydrogens is 232 g/mol. The quantitative estimate of drug-likeness (QED) is 0.897. The Morgan fingerprint density at radius 3 is 2.88 bits per heavy atom. The lowest BCUT2D eigenvalue weighted by molar-refractivity contribution is 0.308. The van der Waals surface area contributed by atoms with Crippen molar-refractivity contribution in [2.75, 3.05) is 13.1 Å². The van der Waals surface area contributed by atoms with Gasteiger partial charge in [0.2, 0.25) is 0 Å². The number of likely N-dealkylation sites (tertiary alicyclic amines) is 1. The first-order valence-electron chi connectivity index (χ1n) is 6.29. The molecule has 1 aliphatic rings. The molecule has 0 radical (unpaired) electrons. The lowest BCUT2D eigenvalue weighted by atomic mass is 10.0. The van der Waals surface area contributed by atoms with Gasteiger partial charge < -0.3 is 5.73 Å². The highest BCUT2D eigenvalue weighted by Gasteiger charge is 2.24. The Morgan fingerprint density at radius 1 is 1.53 bits per heavy atom. The number of hydrogen-bond donors (Lipinski definition) is 1. The minimum atomic E-state index is 0.307. The average Bonchev–Trinajstić information content (AvgIpc) is 2.72. The lowest BCUT2D eigenvalue weighted by Gasteiger charge is -2.18. The van der Waals surface area contributed by atoms with Crippen LogP contribution in [0.1, 0.15) is 24.5 Å². The Bertz CT molecular complexity index is 390. The summed E-state index contributed by atoms with van der Waals surface area (Å²) in [6, 6.07) is 6.65. The topological polar surface area (TPSA) is 29.3 Å². The van der Waals surface area contributed by atoms with Crippen molar-refractivity contribution in [2.24, 2.45) is 11.7 Å². The molecule has 2 rings (SSSR count). The molecule has 1 aromatic carbocycles. The summed E-state index contributed by atoms with van der Waals surface area (Å²) in [7, 11) is 0. The van der Waals surface area contributed by atoms with Gasteiger partial charge in [-0.05, 0) is 49.9 Å². The number of hydrogen-bond acceptors (Lipinski definition) is 2. The van der Waals surface area contributed by atoms with Crippen LogP contribution >= 0.6 is 11.6 Å². The van der Waals surface area contributed by atoms with Crippen molar-refractivity contribution in [1.29, 1.82) is 0 Å². The first-order chi connectivity index (χ1) is 8.06. The fourth-order valence-electron chi connectivity index (χ4n) is 2.43. The summed E-state index contributed by atoms with van der Waals surface area (Å²) >= 11 is 6.14. The first-order valence-corrected chi connectivity index (χ1v) is 6.67. The maximum atomic E-state index is 6.14. The van der Waals surface area contributed by atoms with Gasteiger partial charge in [-0.3, -0.25) is 4.90 Å². The van der Waals surface area contributed by atoms with Crippen molar-refractivity contribution in [2.45, 2.75) is 32.9 Å². The molecule has 1 aromatic rings. The number of nitrogens with zero attached hydrogens (tertiary/aromatic N) is 1. The molecule has 1 fully saturated rings. The molecule has 0 spiro atoms. The summed E-state index contributed by atoms with van der Waals surface area (Å²) in [4.78, 5) is 2.47. The third kappa shape index (κ3) is 3.21. The van der Waals surface area contributed by atoms with E-state index >= 15 is 0 Å². The van der Waals surface area contributed by atoms with E-state index in [0.717, 1.165) is 30.2 Å². The highest BCUT2D eigenvalue weighted by molar-refractivity contribution is 6.31. The zero-order valence-electron chi connectivity index (χ0n) is 10.6. The van der Waals surface area contributed by atoms with Crippen LogP contribution in [-0.4, -0.2) is 24.0 Å². The van der Waals surface area contributed by atoms with Crippen LogP contribution in [0, 0.1) is 12.8 Å². The fraction of sp³-hybridized carbons (Fsp3) is 0.571. The van der Waals surface area contributed by atoms with Gasteiger partial charge in [-0.25, -0.2) is 0 Å². The Balaban J connectivity index is 1.96. The molecular formula is C14H21ClN2. The molecule has 17 heavy (non-hydrogen) atoms. The van der Waals surface area contributed by atoms with Crippen LogP contribution in [0.3, 0.4) is 0 Å². The number of benzene rings is 1. The molecule has 1 heterocycles. The zero-order chi connectivity index (χ0) is 12.4. The normalized spacial score (nSPS) is 22.9. The van der Waals surface area contributed by atoms with Crippen molar-refractivity contribution in [1.82, 2.24) is 4.90 Å². The molecule has 2 unspecified atom stereocenters. The Hall–Kier alpha value is -0.570. The second-order valence-corrected chi connectivity index (χ2v) is 5.63. The monoisotopic (exact) mass is 252 g/mol. The highest BCUT2D eigenvalue weighted by Crippen LogP contribution is 2.22. The van der Waals surface area contributed by atoms with E-state index < -0.39 is 0 Å². The minimum absolute atomic E-state index is 0.307. The summed E-state index contributed by atoms with van der Waals surface area (Å²) in [5.41, 5.74) is 8.39. The lowest BCUT2D eigenvalue weighted by Crippen LogP contribution is -2.29. The van der Waals surface area contributed by atoms with E-state index in [1.165, 1.54) is 12.0 Å². The summed E-state index contributed by atoms with van der Waals surface area (Å²) in [6.07, 6.45) is 1.22. The zero-order valence-corrected chi connectivity index (χ0v) is 11.4. The van der Waals surface area contributed by atoms with E-state index in [2.05, 4.69) is 30.0 Å². The van der Waals surface area contributed by atoms with Crippen molar-refractivity contribution in [3.63, 3.8) is 0 Å². The van der Waals surface area contributed by atoms with Crippen LogP contribution in [0.5, 0.6) is 0 Å². The van der Waals surface area contributed by atoms with Crippen LogP contribution < -0.4 is 5.73 Å².